The lowest BCUT2D eigenvalue weighted by molar-refractivity contribution is -0.140. The number of nitrogens with one attached hydrogen (secondary N) is 1. The molecule has 0 bridgehead atoms. The summed E-state index contributed by atoms with van der Waals surface area (Å²) in [7, 11) is 0. The van der Waals surface area contributed by atoms with E-state index in [1.165, 1.54) is 0 Å². The Balaban J connectivity index is 2.29. The minimum absolute atomic E-state index is 0.115. The molecular formula is C22H26Cl2N2O2. The number of amides is 2. The molecule has 0 saturated heterocycles. The zero-order valence-electron chi connectivity index (χ0n) is 16.3. The van der Waals surface area contributed by atoms with Gasteiger partial charge < -0.3 is 10.2 Å². The lowest BCUT2D eigenvalue weighted by atomic mass is 10.1. The molecule has 150 valence electrons. The van der Waals surface area contributed by atoms with Gasteiger partial charge in [-0.2, -0.15) is 0 Å². The summed E-state index contributed by atoms with van der Waals surface area (Å²) in [5, 5.41) is 3.92. The average Bonchev–Trinajstić information content (AvgIpc) is 2.68. The van der Waals surface area contributed by atoms with E-state index in [-0.39, 0.29) is 24.8 Å². The predicted molar refractivity (Wildman–Crippen MR) is 115 cm³/mol. The first-order chi connectivity index (χ1) is 13.5. The van der Waals surface area contributed by atoms with E-state index in [1.807, 2.05) is 44.2 Å². The van der Waals surface area contributed by atoms with Crippen LogP contribution in [0, 0.1) is 0 Å². The lowest BCUT2D eigenvalue weighted by Crippen LogP contribution is -2.49. The van der Waals surface area contributed by atoms with Crippen LogP contribution in [-0.2, 0) is 22.6 Å². The Morgan fingerprint density at radius 3 is 2.39 bits per heavy atom. The maximum Gasteiger partial charge on any atom is 0.242 e. The molecule has 0 aliphatic rings. The van der Waals surface area contributed by atoms with Crippen LogP contribution in [0.25, 0.3) is 0 Å². The van der Waals surface area contributed by atoms with Gasteiger partial charge in [-0.3, -0.25) is 9.59 Å². The van der Waals surface area contributed by atoms with Crippen molar-refractivity contribution >= 4 is 35.0 Å². The van der Waals surface area contributed by atoms with Crippen molar-refractivity contribution in [3.63, 3.8) is 0 Å². The molecule has 1 atom stereocenters. The largest absolute Gasteiger partial charge is 0.354 e. The van der Waals surface area contributed by atoms with Gasteiger partial charge in [-0.25, -0.2) is 0 Å². The summed E-state index contributed by atoms with van der Waals surface area (Å²) in [6, 6.07) is 14.1. The van der Waals surface area contributed by atoms with Gasteiger partial charge in [0.2, 0.25) is 11.8 Å². The highest BCUT2D eigenvalue weighted by Gasteiger charge is 2.28. The highest BCUT2D eigenvalue weighted by Crippen LogP contribution is 2.24. The SMILES string of the molecule is CCCNC(=O)C(CC)N(Cc1ccc(Cl)cc1Cl)C(=O)Cc1ccccc1. The summed E-state index contributed by atoms with van der Waals surface area (Å²) in [6.07, 6.45) is 1.58. The van der Waals surface area contributed by atoms with Gasteiger partial charge in [0.05, 0.1) is 6.42 Å². The van der Waals surface area contributed by atoms with Gasteiger partial charge in [-0.15, -0.1) is 0 Å². The fourth-order valence-electron chi connectivity index (χ4n) is 2.99. The third-order valence-electron chi connectivity index (χ3n) is 4.49. The van der Waals surface area contributed by atoms with Crippen LogP contribution in [0.15, 0.2) is 48.5 Å². The first-order valence-electron chi connectivity index (χ1n) is 9.51. The number of hydrogen-bond donors (Lipinski definition) is 1. The molecule has 1 unspecified atom stereocenters. The van der Waals surface area contributed by atoms with E-state index in [0.717, 1.165) is 17.5 Å². The highest BCUT2D eigenvalue weighted by molar-refractivity contribution is 6.35. The van der Waals surface area contributed by atoms with Gasteiger partial charge in [0.1, 0.15) is 6.04 Å². The molecule has 0 spiro atoms. The number of carbonyl (C=O) groups excluding carboxylic acids is 2. The molecule has 0 aliphatic heterocycles. The minimum Gasteiger partial charge on any atom is -0.354 e. The normalized spacial score (nSPS) is 11.7. The van der Waals surface area contributed by atoms with Crippen LogP contribution < -0.4 is 5.32 Å². The number of halogens is 2. The lowest BCUT2D eigenvalue weighted by Gasteiger charge is -2.31. The summed E-state index contributed by atoms with van der Waals surface area (Å²) in [4.78, 5) is 27.5. The zero-order valence-corrected chi connectivity index (χ0v) is 17.8. The molecule has 0 radical (unpaired) electrons. The summed E-state index contributed by atoms with van der Waals surface area (Å²) < 4.78 is 0. The van der Waals surface area contributed by atoms with Crippen molar-refractivity contribution in [2.24, 2.45) is 0 Å². The predicted octanol–water partition coefficient (Wildman–Crippen LogP) is 4.87. The molecule has 28 heavy (non-hydrogen) atoms. The monoisotopic (exact) mass is 420 g/mol. The Morgan fingerprint density at radius 2 is 1.79 bits per heavy atom. The number of carbonyl (C=O) groups is 2. The van der Waals surface area contributed by atoms with E-state index in [0.29, 0.717) is 23.0 Å². The maximum atomic E-state index is 13.2. The van der Waals surface area contributed by atoms with Crippen molar-refractivity contribution in [3.05, 3.63) is 69.7 Å². The number of benzene rings is 2. The second-order valence-corrected chi connectivity index (χ2v) is 7.48. The van der Waals surface area contributed by atoms with Crippen molar-refractivity contribution in [2.45, 2.75) is 45.7 Å². The second kappa shape index (κ2) is 11.1. The van der Waals surface area contributed by atoms with Gasteiger partial charge in [0.25, 0.3) is 0 Å². The Morgan fingerprint density at radius 1 is 1.07 bits per heavy atom. The van der Waals surface area contributed by atoms with Gasteiger partial charge >= 0.3 is 0 Å². The Kier molecular flexibility index (Phi) is 8.81. The van der Waals surface area contributed by atoms with Crippen molar-refractivity contribution in [1.82, 2.24) is 10.2 Å². The third kappa shape index (κ3) is 6.25. The quantitative estimate of drug-likeness (QED) is 0.628. The van der Waals surface area contributed by atoms with Crippen molar-refractivity contribution in [2.75, 3.05) is 6.54 Å². The zero-order chi connectivity index (χ0) is 20.5. The first-order valence-corrected chi connectivity index (χ1v) is 10.3. The molecule has 0 aromatic heterocycles. The van der Waals surface area contributed by atoms with Crippen LogP contribution >= 0.6 is 23.2 Å². The number of nitrogens with zero attached hydrogens (tertiary/aromatic N) is 1. The highest BCUT2D eigenvalue weighted by atomic mass is 35.5. The van der Waals surface area contributed by atoms with Gasteiger partial charge in [0, 0.05) is 23.1 Å². The second-order valence-electron chi connectivity index (χ2n) is 6.63. The van der Waals surface area contributed by atoms with E-state index in [4.69, 9.17) is 23.2 Å². The van der Waals surface area contributed by atoms with E-state index in [2.05, 4.69) is 5.32 Å². The van der Waals surface area contributed by atoms with E-state index in [9.17, 15) is 9.59 Å². The molecule has 0 fully saturated rings. The molecular weight excluding hydrogens is 395 g/mol. The molecule has 0 heterocycles. The Bertz CT molecular complexity index is 796. The number of hydrogen-bond acceptors (Lipinski definition) is 2. The van der Waals surface area contributed by atoms with Crippen molar-refractivity contribution < 1.29 is 9.59 Å². The standard InChI is InChI=1S/C22H26Cl2N2O2/c1-3-12-25-22(28)20(4-2)26(15-17-10-11-18(23)14-19(17)24)21(27)13-16-8-6-5-7-9-16/h5-11,14,20H,3-4,12-13,15H2,1-2H3,(H,25,28). The molecule has 0 saturated carbocycles. The molecule has 2 aromatic carbocycles. The average molecular weight is 421 g/mol. The fourth-order valence-corrected chi connectivity index (χ4v) is 3.46. The molecule has 2 rings (SSSR count). The molecule has 2 aromatic rings. The van der Waals surface area contributed by atoms with Crippen molar-refractivity contribution in [1.29, 1.82) is 0 Å². The van der Waals surface area contributed by atoms with Gasteiger partial charge in [0.15, 0.2) is 0 Å². The van der Waals surface area contributed by atoms with Crippen LogP contribution in [0.5, 0.6) is 0 Å². The Labute approximate surface area is 176 Å². The molecule has 4 nitrogen and oxygen atoms in total. The maximum absolute atomic E-state index is 13.2. The molecule has 6 heteroatoms. The minimum atomic E-state index is -0.561. The fraction of sp³-hybridized carbons (Fsp3) is 0.364. The molecule has 0 aliphatic carbocycles. The van der Waals surface area contributed by atoms with E-state index >= 15 is 0 Å². The van der Waals surface area contributed by atoms with Crippen molar-refractivity contribution in [3.8, 4) is 0 Å². The van der Waals surface area contributed by atoms with E-state index < -0.39 is 6.04 Å². The van der Waals surface area contributed by atoms with Crippen LogP contribution in [0.4, 0.5) is 0 Å². The summed E-state index contributed by atoms with van der Waals surface area (Å²) >= 11 is 12.3. The molecule has 2 amide bonds. The summed E-state index contributed by atoms with van der Waals surface area (Å²) in [6.45, 7) is 4.73. The van der Waals surface area contributed by atoms with Crippen LogP contribution in [0.3, 0.4) is 0 Å². The van der Waals surface area contributed by atoms with Crippen LogP contribution in [0.1, 0.15) is 37.8 Å². The smallest absolute Gasteiger partial charge is 0.242 e. The third-order valence-corrected chi connectivity index (χ3v) is 5.08. The summed E-state index contributed by atoms with van der Waals surface area (Å²) in [5.74, 6) is -0.258. The topological polar surface area (TPSA) is 49.4 Å². The van der Waals surface area contributed by atoms with Gasteiger partial charge in [-0.1, -0.05) is 73.4 Å². The molecule has 1 N–H and O–H groups in total. The van der Waals surface area contributed by atoms with E-state index in [1.54, 1.807) is 23.1 Å². The van der Waals surface area contributed by atoms with Crippen LogP contribution in [0.2, 0.25) is 10.0 Å². The Hall–Kier alpha value is -2.04. The van der Waals surface area contributed by atoms with Crippen LogP contribution in [-0.4, -0.2) is 29.3 Å². The van der Waals surface area contributed by atoms with Gasteiger partial charge in [-0.05, 0) is 36.1 Å². The number of rotatable bonds is 9. The summed E-state index contributed by atoms with van der Waals surface area (Å²) in [5.41, 5.74) is 1.66. The first kappa shape index (κ1) is 22.3.